The second kappa shape index (κ2) is 18.5. The molecule has 2 aromatic carbocycles. The molecule has 0 fully saturated rings. The Morgan fingerprint density at radius 1 is 0.761 bits per heavy atom. The number of thiazole rings is 1. The first-order valence-electron chi connectivity index (χ1n) is 17.1. The molecule has 8 heteroatoms. The highest BCUT2D eigenvalue weighted by molar-refractivity contribution is 7.15. The van der Waals surface area contributed by atoms with Gasteiger partial charge < -0.3 is 24.2 Å². The molecule has 0 radical (unpaired) electrons. The molecule has 0 saturated heterocycles. The Labute approximate surface area is 286 Å². The van der Waals surface area contributed by atoms with Crippen LogP contribution in [0.3, 0.4) is 0 Å². The van der Waals surface area contributed by atoms with E-state index in [-0.39, 0.29) is 11.8 Å². The highest BCUT2D eigenvalue weighted by Crippen LogP contribution is 2.46. The van der Waals surface area contributed by atoms with Crippen molar-refractivity contribution in [3.63, 3.8) is 0 Å². The lowest BCUT2D eigenvalue weighted by atomic mass is 9.85. The highest BCUT2D eigenvalue weighted by Gasteiger charge is 2.31. The minimum absolute atomic E-state index is 0.00811. The Bertz CT molecular complexity index is 1320. The maximum atomic E-state index is 6.96. The molecule has 0 spiro atoms. The van der Waals surface area contributed by atoms with Gasteiger partial charge in [0.05, 0.1) is 18.9 Å². The second-order valence-electron chi connectivity index (χ2n) is 11.4. The molecule has 46 heavy (non-hydrogen) atoms. The summed E-state index contributed by atoms with van der Waals surface area (Å²) in [6.07, 6.45) is 7.11. The van der Waals surface area contributed by atoms with E-state index in [0.29, 0.717) is 26.4 Å². The van der Waals surface area contributed by atoms with Gasteiger partial charge in [-0.05, 0) is 89.4 Å². The number of hydrogen-bond donors (Lipinski definition) is 0. The van der Waals surface area contributed by atoms with Crippen LogP contribution in [0.1, 0.15) is 81.5 Å². The van der Waals surface area contributed by atoms with Crippen LogP contribution in [0.25, 0.3) is 0 Å². The molecule has 1 aliphatic carbocycles. The molecule has 1 atom stereocenters. The number of hydrogen-bond acceptors (Lipinski definition) is 7. The van der Waals surface area contributed by atoms with Crippen molar-refractivity contribution in [2.75, 3.05) is 80.4 Å². The van der Waals surface area contributed by atoms with E-state index in [9.17, 15) is 0 Å². The van der Waals surface area contributed by atoms with Gasteiger partial charge in [0.1, 0.15) is 0 Å². The molecule has 0 N–H and O–H groups in total. The largest absolute Gasteiger partial charge is 0.380 e. The van der Waals surface area contributed by atoms with Gasteiger partial charge in [-0.15, -0.1) is 11.3 Å². The molecule has 1 aliphatic rings. The number of rotatable bonds is 19. The van der Waals surface area contributed by atoms with Crippen LogP contribution < -0.4 is 14.7 Å². The van der Waals surface area contributed by atoms with Gasteiger partial charge in [-0.3, -0.25) is 0 Å². The standard InChI is InChI=1S/C38H53ClN4O2S/c1-7-41(8-2)31-21-17-29(18-22-31)35(30-19-23-32(24-20-30)42(9-3)10-4)37-36(33-15-13-14-16-34(33)39)40-38(46-37)43(25-27-44-11-5)26-28-45-12-6/h13-14,16-24,33,35H,7-12,15,25-28H2,1-6H3. The fraction of sp³-hybridized carbons (Fsp3) is 0.500. The summed E-state index contributed by atoms with van der Waals surface area (Å²) in [5, 5.41) is 1.83. The van der Waals surface area contributed by atoms with Crippen LogP contribution in [-0.4, -0.2) is 70.7 Å². The summed E-state index contributed by atoms with van der Waals surface area (Å²) in [7, 11) is 0. The van der Waals surface area contributed by atoms with Gasteiger partial charge in [0.15, 0.2) is 5.13 Å². The van der Waals surface area contributed by atoms with Crippen LogP contribution in [0.2, 0.25) is 0 Å². The maximum Gasteiger partial charge on any atom is 0.185 e. The lowest BCUT2D eigenvalue weighted by Gasteiger charge is -2.25. The molecule has 0 bridgehead atoms. The monoisotopic (exact) mass is 664 g/mol. The Hall–Kier alpha value is -2.84. The van der Waals surface area contributed by atoms with Crippen LogP contribution in [0.15, 0.2) is 71.8 Å². The Kier molecular flexibility index (Phi) is 14.5. The zero-order valence-electron chi connectivity index (χ0n) is 28.7. The molecule has 1 aromatic heterocycles. The van der Waals surface area contributed by atoms with Crippen molar-refractivity contribution in [2.45, 2.75) is 59.8 Å². The topological polar surface area (TPSA) is 41.1 Å². The van der Waals surface area contributed by atoms with Crippen molar-refractivity contribution in [1.82, 2.24) is 4.98 Å². The molecule has 0 aliphatic heterocycles. The Morgan fingerprint density at radius 3 is 1.70 bits per heavy atom. The number of halogens is 1. The lowest BCUT2D eigenvalue weighted by Crippen LogP contribution is -2.31. The third-order valence-corrected chi connectivity index (χ3v) is 10.3. The number of benzene rings is 2. The quantitative estimate of drug-likeness (QED) is 0.119. The summed E-state index contributed by atoms with van der Waals surface area (Å²) in [6, 6.07) is 18.3. The smallest absolute Gasteiger partial charge is 0.185 e. The summed E-state index contributed by atoms with van der Waals surface area (Å²) in [5.41, 5.74) is 6.07. The molecule has 0 amide bonds. The van der Waals surface area contributed by atoms with E-state index in [1.807, 2.05) is 19.9 Å². The molecular weight excluding hydrogens is 612 g/mol. The second-order valence-corrected chi connectivity index (χ2v) is 12.8. The van der Waals surface area contributed by atoms with Gasteiger partial charge >= 0.3 is 0 Å². The van der Waals surface area contributed by atoms with Crippen LogP contribution in [0, 0.1) is 0 Å². The van der Waals surface area contributed by atoms with Crippen LogP contribution >= 0.6 is 22.9 Å². The van der Waals surface area contributed by atoms with Crippen molar-refractivity contribution in [3.8, 4) is 0 Å². The summed E-state index contributed by atoms with van der Waals surface area (Å²) in [5.74, 6) is 0.0217. The molecule has 3 aromatic rings. The molecule has 6 nitrogen and oxygen atoms in total. The fourth-order valence-electron chi connectivity index (χ4n) is 6.14. The first-order chi connectivity index (χ1) is 22.5. The number of aromatic nitrogens is 1. The van der Waals surface area contributed by atoms with Crippen molar-refractivity contribution < 1.29 is 9.47 Å². The molecule has 4 rings (SSSR count). The Balaban J connectivity index is 1.87. The molecule has 1 unspecified atom stereocenters. The first kappa shape index (κ1) is 36.0. The van der Waals surface area contributed by atoms with E-state index in [1.165, 1.54) is 27.4 Å². The Morgan fingerprint density at radius 2 is 1.26 bits per heavy atom. The van der Waals surface area contributed by atoms with Crippen molar-refractivity contribution in [2.24, 2.45) is 0 Å². The highest BCUT2D eigenvalue weighted by atomic mass is 35.5. The minimum Gasteiger partial charge on any atom is -0.380 e. The first-order valence-corrected chi connectivity index (χ1v) is 18.3. The van der Waals surface area contributed by atoms with Crippen LogP contribution in [0.5, 0.6) is 0 Å². The van der Waals surface area contributed by atoms with Gasteiger partial charge in [-0.2, -0.15) is 0 Å². The van der Waals surface area contributed by atoms with Gasteiger partial charge in [-0.25, -0.2) is 4.98 Å². The van der Waals surface area contributed by atoms with Crippen molar-refractivity contribution in [1.29, 1.82) is 0 Å². The SMILES string of the molecule is CCOCCN(CCOCC)c1nc(C2CC=CC=C2Cl)c(C(c2ccc(N(CC)CC)cc2)c2ccc(N(CC)CC)cc2)s1. The van der Waals surface area contributed by atoms with Gasteiger partial charge in [0.2, 0.25) is 0 Å². The lowest BCUT2D eigenvalue weighted by molar-refractivity contribution is 0.141. The average molecular weight is 665 g/mol. The molecule has 0 saturated carbocycles. The van der Waals surface area contributed by atoms with Gasteiger partial charge in [-0.1, -0.05) is 48.0 Å². The average Bonchev–Trinajstić information content (AvgIpc) is 3.51. The van der Waals surface area contributed by atoms with E-state index in [1.54, 1.807) is 11.3 Å². The number of allylic oxidation sites excluding steroid dienone is 4. The fourth-order valence-corrected chi connectivity index (χ4v) is 7.74. The third kappa shape index (κ3) is 8.94. The predicted molar refractivity (Wildman–Crippen MR) is 199 cm³/mol. The van der Waals surface area contributed by atoms with E-state index >= 15 is 0 Å². The van der Waals surface area contributed by atoms with E-state index < -0.39 is 0 Å². The van der Waals surface area contributed by atoms with Crippen LogP contribution in [-0.2, 0) is 9.47 Å². The number of nitrogens with zero attached hydrogens (tertiary/aromatic N) is 4. The predicted octanol–water partition coefficient (Wildman–Crippen LogP) is 9.06. The molecule has 1 heterocycles. The van der Waals surface area contributed by atoms with E-state index in [0.717, 1.165) is 61.5 Å². The van der Waals surface area contributed by atoms with Crippen molar-refractivity contribution >= 4 is 39.4 Å². The summed E-state index contributed by atoms with van der Waals surface area (Å²) in [4.78, 5) is 13.8. The summed E-state index contributed by atoms with van der Waals surface area (Å²) < 4.78 is 11.6. The zero-order valence-corrected chi connectivity index (χ0v) is 30.2. The number of ether oxygens (including phenoxy) is 2. The third-order valence-electron chi connectivity index (χ3n) is 8.76. The van der Waals surface area contributed by atoms with Gasteiger partial charge in [0.25, 0.3) is 0 Å². The maximum absolute atomic E-state index is 6.96. The van der Waals surface area contributed by atoms with Crippen LogP contribution in [0.4, 0.5) is 16.5 Å². The minimum atomic E-state index is 0.00811. The zero-order chi connectivity index (χ0) is 32.9. The van der Waals surface area contributed by atoms with E-state index in [2.05, 4.69) is 103 Å². The van der Waals surface area contributed by atoms with E-state index in [4.69, 9.17) is 26.1 Å². The summed E-state index contributed by atoms with van der Waals surface area (Å²) in [6.45, 7) is 21.0. The number of anilines is 3. The van der Waals surface area contributed by atoms with Gasteiger partial charge in [0, 0.05) is 85.6 Å². The summed E-state index contributed by atoms with van der Waals surface area (Å²) >= 11 is 8.75. The molecular formula is C38H53ClN4O2S. The normalized spacial score (nSPS) is 14.5. The van der Waals surface area contributed by atoms with Crippen molar-refractivity contribution in [3.05, 3.63) is 93.5 Å². The molecule has 250 valence electrons.